The van der Waals surface area contributed by atoms with Crippen LogP contribution in [-0.4, -0.2) is 24.2 Å². The molecule has 1 N–H and O–H groups in total. The molecule has 0 radical (unpaired) electrons. The first-order valence-corrected chi connectivity index (χ1v) is 5.64. The van der Waals surface area contributed by atoms with Gasteiger partial charge in [0.15, 0.2) is 0 Å². The van der Waals surface area contributed by atoms with Crippen LogP contribution in [0.2, 0.25) is 0 Å². The molecule has 2 aromatic carbocycles. The van der Waals surface area contributed by atoms with Gasteiger partial charge in [-0.25, -0.2) is 9.59 Å². The summed E-state index contributed by atoms with van der Waals surface area (Å²) in [5, 5.41) is 8.99. The van der Waals surface area contributed by atoms with E-state index in [1.807, 2.05) is 0 Å². The van der Waals surface area contributed by atoms with Gasteiger partial charge in [0.05, 0.1) is 18.2 Å². The fourth-order valence-corrected chi connectivity index (χ4v) is 1.84. The van der Waals surface area contributed by atoms with Crippen molar-refractivity contribution in [2.24, 2.45) is 0 Å². The number of esters is 1. The van der Waals surface area contributed by atoms with E-state index in [2.05, 4.69) is 0 Å². The van der Waals surface area contributed by atoms with Crippen molar-refractivity contribution in [1.29, 1.82) is 0 Å². The molecular formula is C15H12O4. The summed E-state index contributed by atoms with van der Waals surface area (Å²) in [5.41, 5.74) is 1.91. The molecule has 0 amide bonds. The van der Waals surface area contributed by atoms with Gasteiger partial charge in [-0.15, -0.1) is 0 Å². The Morgan fingerprint density at radius 2 is 1.79 bits per heavy atom. The predicted octanol–water partition coefficient (Wildman–Crippen LogP) is 2.84. The van der Waals surface area contributed by atoms with Gasteiger partial charge < -0.3 is 9.84 Å². The summed E-state index contributed by atoms with van der Waals surface area (Å²) in [6, 6.07) is 13.4. The van der Waals surface area contributed by atoms with Crippen LogP contribution in [0.15, 0.2) is 48.5 Å². The zero-order valence-electron chi connectivity index (χ0n) is 10.3. The third kappa shape index (κ3) is 2.63. The SMILES string of the molecule is COC(=O)c1ccccc1-c1cccc(C(=O)O)c1. The number of methoxy groups -OCH3 is 1. The highest BCUT2D eigenvalue weighted by molar-refractivity contribution is 5.98. The zero-order chi connectivity index (χ0) is 13.8. The molecule has 0 bridgehead atoms. The minimum Gasteiger partial charge on any atom is -0.478 e. The van der Waals surface area contributed by atoms with Crippen LogP contribution in [0.3, 0.4) is 0 Å². The number of carboxylic acid groups (broad SMARTS) is 1. The summed E-state index contributed by atoms with van der Waals surface area (Å²) in [4.78, 5) is 22.7. The highest BCUT2D eigenvalue weighted by Crippen LogP contribution is 2.25. The molecule has 4 heteroatoms. The Hall–Kier alpha value is -2.62. The van der Waals surface area contributed by atoms with Crippen molar-refractivity contribution in [3.63, 3.8) is 0 Å². The van der Waals surface area contributed by atoms with Crippen LogP contribution in [0.1, 0.15) is 20.7 Å². The molecule has 0 atom stereocenters. The fourth-order valence-electron chi connectivity index (χ4n) is 1.84. The normalized spacial score (nSPS) is 9.95. The van der Waals surface area contributed by atoms with Crippen LogP contribution in [-0.2, 0) is 4.74 Å². The largest absolute Gasteiger partial charge is 0.478 e. The van der Waals surface area contributed by atoms with E-state index in [9.17, 15) is 9.59 Å². The van der Waals surface area contributed by atoms with E-state index in [0.717, 1.165) is 0 Å². The minimum absolute atomic E-state index is 0.178. The van der Waals surface area contributed by atoms with Gasteiger partial charge in [-0.1, -0.05) is 30.3 Å². The Bertz CT molecular complexity index is 632. The molecule has 4 nitrogen and oxygen atoms in total. The van der Waals surface area contributed by atoms with E-state index in [0.29, 0.717) is 16.7 Å². The molecule has 0 saturated carbocycles. The number of rotatable bonds is 3. The Labute approximate surface area is 110 Å². The number of benzene rings is 2. The number of carbonyl (C=O) groups excluding carboxylic acids is 1. The second kappa shape index (κ2) is 5.35. The number of hydrogen-bond acceptors (Lipinski definition) is 3. The summed E-state index contributed by atoms with van der Waals surface area (Å²) < 4.78 is 4.72. The van der Waals surface area contributed by atoms with Gasteiger partial charge in [0.25, 0.3) is 0 Å². The van der Waals surface area contributed by atoms with Crippen molar-refractivity contribution in [2.45, 2.75) is 0 Å². The monoisotopic (exact) mass is 256 g/mol. The maximum absolute atomic E-state index is 11.7. The standard InChI is InChI=1S/C15H12O4/c1-19-15(18)13-8-3-2-7-12(13)10-5-4-6-11(9-10)14(16)17/h2-9H,1H3,(H,16,17). The van der Waals surface area contributed by atoms with Gasteiger partial charge in [-0.05, 0) is 29.3 Å². The summed E-state index contributed by atoms with van der Waals surface area (Å²) in [6.45, 7) is 0. The molecule has 0 aliphatic rings. The van der Waals surface area contributed by atoms with Crippen molar-refractivity contribution < 1.29 is 19.4 Å². The molecule has 0 saturated heterocycles. The van der Waals surface area contributed by atoms with Gasteiger partial charge in [-0.2, -0.15) is 0 Å². The first-order chi connectivity index (χ1) is 9.13. The smallest absolute Gasteiger partial charge is 0.338 e. The van der Waals surface area contributed by atoms with Gasteiger partial charge in [0.1, 0.15) is 0 Å². The quantitative estimate of drug-likeness (QED) is 0.858. The van der Waals surface area contributed by atoms with Crippen molar-refractivity contribution in [3.8, 4) is 11.1 Å². The molecule has 0 aromatic heterocycles. The highest BCUT2D eigenvalue weighted by atomic mass is 16.5. The van der Waals surface area contributed by atoms with Crippen molar-refractivity contribution in [3.05, 3.63) is 59.7 Å². The third-order valence-electron chi connectivity index (χ3n) is 2.75. The minimum atomic E-state index is -1.00. The lowest BCUT2D eigenvalue weighted by atomic mass is 9.98. The van der Waals surface area contributed by atoms with E-state index in [4.69, 9.17) is 9.84 Å². The van der Waals surface area contributed by atoms with Crippen LogP contribution in [0.5, 0.6) is 0 Å². The lowest BCUT2D eigenvalue weighted by Crippen LogP contribution is -2.03. The number of carboxylic acids is 1. The number of hydrogen-bond donors (Lipinski definition) is 1. The summed E-state index contributed by atoms with van der Waals surface area (Å²) in [6.07, 6.45) is 0. The van der Waals surface area contributed by atoms with Gasteiger partial charge in [0.2, 0.25) is 0 Å². The van der Waals surface area contributed by atoms with Gasteiger partial charge >= 0.3 is 11.9 Å². The zero-order valence-corrected chi connectivity index (χ0v) is 10.3. The molecule has 96 valence electrons. The molecule has 0 unspecified atom stereocenters. The Balaban J connectivity index is 2.56. The average Bonchev–Trinajstić information content (AvgIpc) is 2.46. The maximum atomic E-state index is 11.7. The van der Waals surface area contributed by atoms with E-state index < -0.39 is 11.9 Å². The molecule has 0 fully saturated rings. The Kier molecular flexibility index (Phi) is 3.61. The fraction of sp³-hybridized carbons (Fsp3) is 0.0667. The predicted molar refractivity (Wildman–Crippen MR) is 70.2 cm³/mol. The summed E-state index contributed by atoms with van der Waals surface area (Å²) in [7, 11) is 1.31. The molecule has 0 heterocycles. The van der Waals surface area contributed by atoms with Crippen molar-refractivity contribution >= 4 is 11.9 Å². The topological polar surface area (TPSA) is 63.6 Å². The number of aromatic carboxylic acids is 1. The number of ether oxygens (including phenoxy) is 1. The molecule has 19 heavy (non-hydrogen) atoms. The Morgan fingerprint density at radius 1 is 1.05 bits per heavy atom. The third-order valence-corrected chi connectivity index (χ3v) is 2.75. The lowest BCUT2D eigenvalue weighted by Gasteiger charge is -2.08. The average molecular weight is 256 g/mol. The lowest BCUT2D eigenvalue weighted by molar-refractivity contribution is 0.0601. The molecular weight excluding hydrogens is 244 g/mol. The number of carbonyl (C=O) groups is 2. The highest BCUT2D eigenvalue weighted by Gasteiger charge is 2.13. The Morgan fingerprint density at radius 3 is 2.47 bits per heavy atom. The van der Waals surface area contributed by atoms with Crippen LogP contribution in [0.4, 0.5) is 0 Å². The molecule has 0 aliphatic heterocycles. The second-order valence-corrected chi connectivity index (χ2v) is 3.92. The maximum Gasteiger partial charge on any atom is 0.338 e. The van der Waals surface area contributed by atoms with Gasteiger partial charge in [0, 0.05) is 0 Å². The van der Waals surface area contributed by atoms with Crippen LogP contribution < -0.4 is 0 Å². The summed E-state index contributed by atoms with van der Waals surface area (Å²) >= 11 is 0. The van der Waals surface area contributed by atoms with E-state index in [1.165, 1.54) is 19.2 Å². The molecule has 2 rings (SSSR count). The van der Waals surface area contributed by atoms with Crippen LogP contribution in [0, 0.1) is 0 Å². The molecule has 2 aromatic rings. The van der Waals surface area contributed by atoms with Crippen molar-refractivity contribution in [1.82, 2.24) is 0 Å². The van der Waals surface area contributed by atoms with Gasteiger partial charge in [-0.3, -0.25) is 0 Å². The van der Waals surface area contributed by atoms with Crippen molar-refractivity contribution in [2.75, 3.05) is 7.11 Å². The molecule has 0 spiro atoms. The van der Waals surface area contributed by atoms with Crippen LogP contribution in [0.25, 0.3) is 11.1 Å². The van der Waals surface area contributed by atoms with E-state index in [-0.39, 0.29) is 5.56 Å². The summed E-state index contributed by atoms with van der Waals surface area (Å²) in [5.74, 6) is -1.45. The van der Waals surface area contributed by atoms with E-state index in [1.54, 1.807) is 36.4 Å². The molecule has 0 aliphatic carbocycles. The first-order valence-electron chi connectivity index (χ1n) is 5.64. The van der Waals surface area contributed by atoms with E-state index >= 15 is 0 Å². The van der Waals surface area contributed by atoms with Crippen LogP contribution >= 0.6 is 0 Å². The second-order valence-electron chi connectivity index (χ2n) is 3.92. The first kappa shape index (κ1) is 12.8.